The lowest BCUT2D eigenvalue weighted by Crippen LogP contribution is -2.38. The Morgan fingerprint density at radius 2 is 1.21 bits per heavy atom. The van der Waals surface area contributed by atoms with Crippen molar-refractivity contribution in [3.05, 3.63) is 118 Å². The van der Waals surface area contributed by atoms with Gasteiger partial charge in [-0.15, -0.1) is 0 Å². The third kappa shape index (κ3) is 14.5. The van der Waals surface area contributed by atoms with Crippen LogP contribution in [0.2, 0.25) is 0 Å². The van der Waals surface area contributed by atoms with Gasteiger partial charge in [0, 0.05) is 15.4 Å². The van der Waals surface area contributed by atoms with Gasteiger partial charge in [0.15, 0.2) is 10.9 Å². The lowest BCUT2D eigenvalue weighted by Gasteiger charge is -2.29. The molecule has 0 aromatic heterocycles. The van der Waals surface area contributed by atoms with Crippen molar-refractivity contribution >= 4 is 57.5 Å². The van der Waals surface area contributed by atoms with Crippen LogP contribution in [0, 0.1) is 0 Å². The Labute approximate surface area is 302 Å². The number of carboxylic acids is 1. The quantitative estimate of drug-likeness (QED) is 0.0751. The summed E-state index contributed by atoms with van der Waals surface area (Å²) in [5, 5.41) is 8.65. The summed E-state index contributed by atoms with van der Waals surface area (Å²) in [5.74, 6) is -0.778. The molecule has 0 bridgehead atoms. The molecule has 4 atom stereocenters. The van der Waals surface area contributed by atoms with E-state index >= 15 is 0 Å². The van der Waals surface area contributed by atoms with E-state index in [0.717, 1.165) is 28.2 Å². The second-order valence-corrected chi connectivity index (χ2v) is 17.0. The summed E-state index contributed by atoms with van der Waals surface area (Å²) in [7, 11) is -7.72. The van der Waals surface area contributed by atoms with E-state index in [9.17, 15) is 21.6 Å². The van der Waals surface area contributed by atoms with Crippen LogP contribution < -0.4 is 0 Å². The molecular formula is C36H44Br2O8S2. The number of unbranched alkanes of at least 4 members (excludes halogenated alkanes) is 1. The van der Waals surface area contributed by atoms with E-state index in [1.807, 2.05) is 49.5 Å². The Morgan fingerprint density at radius 3 is 1.73 bits per heavy atom. The monoisotopic (exact) mass is 826 g/mol. The summed E-state index contributed by atoms with van der Waals surface area (Å²) < 4.78 is 66.9. The van der Waals surface area contributed by atoms with Crippen molar-refractivity contribution in [1.29, 1.82) is 0 Å². The molecule has 0 amide bonds. The minimum atomic E-state index is -3.87. The molecule has 2 unspecified atom stereocenters. The minimum absolute atomic E-state index is 0.104. The molecule has 0 heterocycles. The fourth-order valence-corrected chi connectivity index (χ4v) is 7.19. The third-order valence-electron chi connectivity index (χ3n) is 7.05. The molecule has 0 saturated carbocycles. The van der Waals surface area contributed by atoms with Gasteiger partial charge in [0.1, 0.15) is 6.10 Å². The van der Waals surface area contributed by atoms with Gasteiger partial charge in [-0.3, -0.25) is 4.79 Å². The van der Waals surface area contributed by atoms with Crippen molar-refractivity contribution in [3.63, 3.8) is 0 Å². The van der Waals surface area contributed by atoms with E-state index in [1.54, 1.807) is 42.5 Å². The molecule has 0 radical (unpaired) electrons. The summed E-state index contributed by atoms with van der Waals surface area (Å²) in [6, 6.07) is 12.6. The van der Waals surface area contributed by atoms with Gasteiger partial charge < -0.3 is 14.6 Å². The number of ether oxygens (including phenoxy) is 2. The standard InChI is InChI=1S/C36H44Br2O8S2/c1-4-34(45-28(2)47(41,42)32-24-20-30(37)21-25-32)35(46-29(3)48(43,44)33-26-22-31(38)23-27-33)18-16-14-12-10-8-6-5-7-9-11-13-15-17-19-36(39)40/h5,7-8,10-14,16,18,20-29,34-35H,4,6,9,15,17,19H2,1-3H3,(H,39,40)/b7-5-,10-8-,13-11-,14-12+,18-16+/t28?,29?,34-,35+/m1/s1. The maximum Gasteiger partial charge on any atom is 0.303 e. The number of hydrogen-bond donors (Lipinski definition) is 1. The first kappa shape index (κ1) is 41.6. The van der Waals surface area contributed by atoms with Gasteiger partial charge in [0.2, 0.25) is 19.7 Å². The van der Waals surface area contributed by atoms with Crippen LogP contribution in [-0.4, -0.2) is 51.0 Å². The zero-order chi connectivity index (χ0) is 35.6. The Kier molecular flexibility index (Phi) is 18.6. The van der Waals surface area contributed by atoms with Crippen molar-refractivity contribution in [2.45, 2.75) is 92.2 Å². The Hall–Kier alpha value is -2.61. The molecule has 0 aliphatic carbocycles. The van der Waals surface area contributed by atoms with E-state index in [1.165, 1.54) is 38.1 Å². The van der Waals surface area contributed by atoms with Crippen LogP contribution in [0.15, 0.2) is 128 Å². The van der Waals surface area contributed by atoms with E-state index in [2.05, 4.69) is 31.9 Å². The molecule has 0 saturated heterocycles. The molecule has 0 aliphatic heterocycles. The van der Waals surface area contributed by atoms with Gasteiger partial charge in [-0.1, -0.05) is 99.5 Å². The van der Waals surface area contributed by atoms with Gasteiger partial charge in [-0.05, 0) is 94.5 Å². The first-order chi connectivity index (χ1) is 22.8. The van der Waals surface area contributed by atoms with Gasteiger partial charge in [-0.2, -0.15) is 0 Å². The second kappa shape index (κ2) is 21.5. The van der Waals surface area contributed by atoms with Crippen LogP contribution in [0.5, 0.6) is 0 Å². The fourth-order valence-electron chi connectivity index (χ4n) is 4.30. The number of sulfone groups is 2. The van der Waals surface area contributed by atoms with Gasteiger partial charge in [0.25, 0.3) is 0 Å². The molecule has 0 aliphatic rings. The van der Waals surface area contributed by atoms with E-state index in [0.29, 0.717) is 12.8 Å². The summed E-state index contributed by atoms with van der Waals surface area (Å²) in [5.41, 5.74) is -2.47. The molecule has 0 spiro atoms. The molecule has 2 aromatic rings. The van der Waals surface area contributed by atoms with E-state index in [4.69, 9.17) is 14.6 Å². The van der Waals surface area contributed by atoms with Crippen molar-refractivity contribution in [1.82, 2.24) is 0 Å². The Bertz CT molecular complexity index is 1640. The third-order valence-corrected chi connectivity index (χ3v) is 11.9. The maximum atomic E-state index is 13.4. The lowest BCUT2D eigenvalue weighted by atomic mass is 10.1. The van der Waals surface area contributed by atoms with Crippen LogP contribution in [0.25, 0.3) is 0 Å². The lowest BCUT2D eigenvalue weighted by molar-refractivity contribution is -0.137. The molecular weight excluding hydrogens is 784 g/mol. The highest BCUT2D eigenvalue weighted by atomic mass is 79.9. The number of hydrogen-bond acceptors (Lipinski definition) is 7. The van der Waals surface area contributed by atoms with Crippen molar-refractivity contribution < 1.29 is 36.2 Å². The average molecular weight is 829 g/mol. The number of carbonyl (C=O) groups is 1. The normalized spacial score (nSPS) is 15.6. The number of aliphatic carboxylic acids is 1. The smallest absolute Gasteiger partial charge is 0.303 e. The molecule has 12 heteroatoms. The molecule has 0 fully saturated rings. The number of benzene rings is 2. The van der Waals surface area contributed by atoms with Gasteiger partial charge >= 0.3 is 5.97 Å². The van der Waals surface area contributed by atoms with Gasteiger partial charge in [0.05, 0.1) is 15.9 Å². The highest BCUT2D eigenvalue weighted by molar-refractivity contribution is 9.10. The van der Waals surface area contributed by atoms with E-state index < -0.39 is 48.7 Å². The average Bonchev–Trinajstić information content (AvgIpc) is 3.04. The molecule has 48 heavy (non-hydrogen) atoms. The predicted octanol–water partition coefficient (Wildman–Crippen LogP) is 9.15. The Morgan fingerprint density at radius 1 is 0.729 bits per heavy atom. The van der Waals surface area contributed by atoms with Crippen LogP contribution in [0.1, 0.15) is 59.3 Å². The first-order valence-corrected chi connectivity index (χ1v) is 20.3. The first-order valence-electron chi connectivity index (χ1n) is 15.6. The zero-order valence-corrected chi connectivity index (χ0v) is 32.1. The summed E-state index contributed by atoms with van der Waals surface area (Å²) >= 11 is 6.64. The van der Waals surface area contributed by atoms with Crippen molar-refractivity contribution in [2.75, 3.05) is 0 Å². The maximum absolute atomic E-state index is 13.4. The zero-order valence-electron chi connectivity index (χ0n) is 27.3. The van der Waals surface area contributed by atoms with Crippen LogP contribution >= 0.6 is 31.9 Å². The number of rotatable bonds is 21. The van der Waals surface area contributed by atoms with Crippen LogP contribution in [0.4, 0.5) is 0 Å². The highest BCUT2D eigenvalue weighted by Crippen LogP contribution is 2.26. The van der Waals surface area contributed by atoms with Crippen molar-refractivity contribution in [2.24, 2.45) is 0 Å². The molecule has 2 aromatic carbocycles. The summed E-state index contributed by atoms with van der Waals surface area (Å²) in [6.07, 6.45) is 20.7. The largest absolute Gasteiger partial charge is 0.481 e. The van der Waals surface area contributed by atoms with Crippen LogP contribution in [0.3, 0.4) is 0 Å². The SMILES string of the molecule is CC[C@@H](OC(C)S(=O)(=O)c1ccc(Br)cc1)[C@H](/C=C/C=C/C=C\C/C=C\C/C=C\CCCC(=O)O)OC(C)S(=O)(=O)c1ccc(Br)cc1. The Balaban J connectivity index is 2.13. The van der Waals surface area contributed by atoms with Gasteiger partial charge in [-0.25, -0.2) is 16.8 Å². The summed E-state index contributed by atoms with van der Waals surface area (Å²) in [4.78, 5) is 10.7. The molecule has 8 nitrogen and oxygen atoms in total. The number of halogens is 2. The second-order valence-electron chi connectivity index (χ2n) is 10.7. The van der Waals surface area contributed by atoms with Crippen molar-refractivity contribution in [3.8, 4) is 0 Å². The molecule has 2 rings (SSSR count). The number of allylic oxidation sites excluding steroid dienone is 9. The fraction of sp³-hybridized carbons (Fsp3) is 0.361. The van der Waals surface area contributed by atoms with Crippen LogP contribution in [-0.2, 0) is 33.9 Å². The molecule has 262 valence electrons. The number of carboxylic acid groups (broad SMARTS) is 1. The topological polar surface area (TPSA) is 124 Å². The highest BCUT2D eigenvalue weighted by Gasteiger charge is 2.33. The summed E-state index contributed by atoms with van der Waals surface area (Å²) in [6.45, 7) is 4.73. The predicted molar refractivity (Wildman–Crippen MR) is 198 cm³/mol. The minimum Gasteiger partial charge on any atom is -0.481 e. The van der Waals surface area contributed by atoms with E-state index in [-0.39, 0.29) is 16.2 Å². The molecule has 1 N–H and O–H groups in total.